The summed E-state index contributed by atoms with van der Waals surface area (Å²) in [5.74, 6) is 0.0598. The molecule has 1 amide bonds. The Morgan fingerprint density at radius 2 is 1.43 bits per heavy atom. The molecule has 2 aliphatic rings. The smallest absolute Gasteiger partial charge is 0.293 e. The highest BCUT2D eigenvalue weighted by Gasteiger charge is 2.45. The van der Waals surface area contributed by atoms with Crippen molar-refractivity contribution < 1.29 is 28.7 Å². The number of carbonyl (C=O) groups is 2. The van der Waals surface area contributed by atoms with Crippen LogP contribution in [-0.4, -0.2) is 73.8 Å². The molecule has 0 radical (unpaired) electrons. The van der Waals surface area contributed by atoms with Crippen molar-refractivity contribution in [3.63, 3.8) is 0 Å². The minimum Gasteiger partial charge on any atom is -0.468 e. The maximum absolute atomic E-state index is 12.4. The monoisotopic (exact) mass is 810 g/mol. The zero-order valence-corrected chi connectivity index (χ0v) is 36.1. The first-order valence-electron chi connectivity index (χ1n) is 21.9. The van der Waals surface area contributed by atoms with E-state index in [1.54, 1.807) is 0 Å². The topological polar surface area (TPSA) is 91.1 Å². The molecule has 4 aromatic rings. The third kappa shape index (κ3) is 10.3. The van der Waals surface area contributed by atoms with Gasteiger partial charge in [-0.15, -0.1) is 0 Å². The van der Waals surface area contributed by atoms with Gasteiger partial charge >= 0.3 is 0 Å². The van der Waals surface area contributed by atoms with Crippen molar-refractivity contribution in [2.75, 3.05) is 51.0 Å². The van der Waals surface area contributed by atoms with Crippen LogP contribution in [-0.2, 0) is 29.9 Å². The van der Waals surface area contributed by atoms with E-state index in [0.29, 0.717) is 45.7 Å². The molecule has 316 valence electrons. The summed E-state index contributed by atoms with van der Waals surface area (Å²) < 4.78 is 12.8. The van der Waals surface area contributed by atoms with E-state index in [-0.39, 0.29) is 23.3 Å². The van der Waals surface area contributed by atoms with Gasteiger partial charge in [-0.1, -0.05) is 105 Å². The van der Waals surface area contributed by atoms with Crippen molar-refractivity contribution in [2.24, 2.45) is 0 Å². The minimum absolute atomic E-state index is 0.0598. The number of ether oxygens (including phenoxy) is 2. The molecule has 2 aliphatic heterocycles. The molecule has 0 unspecified atom stereocenters. The molecule has 0 fully saturated rings. The van der Waals surface area contributed by atoms with Gasteiger partial charge in [0.2, 0.25) is 11.6 Å². The maximum Gasteiger partial charge on any atom is 0.293 e. The molecular formula is C52H64N3O5+. The van der Waals surface area contributed by atoms with Crippen LogP contribution in [0.4, 0.5) is 11.4 Å². The van der Waals surface area contributed by atoms with E-state index >= 15 is 0 Å². The van der Waals surface area contributed by atoms with Crippen LogP contribution in [0.3, 0.4) is 0 Å². The van der Waals surface area contributed by atoms with Gasteiger partial charge in [-0.05, 0) is 91.3 Å². The summed E-state index contributed by atoms with van der Waals surface area (Å²) in [4.78, 5) is 25.5. The minimum atomic E-state index is -0.196. The quantitative estimate of drug-likeness (QED) is 0.0336. The SMILES string of the molecule is CC1(C)C(/C=C/C=C/C=C/C=C2/N(CCCCCC(=O)NCCOCCCO)c3ccc4ccccc4c3C2(C)C)=[N+](CCCCCOC=O)c2ccc3ccccc3c21. The van der Waals surface area contributed by atoms with Crippen LogP contribution in [0, 0.1) is 0 Å². The van der Waals surface area contributed by atoms with Crippen molar-refractivity contribution in [3.05, 3.63) is 132 Å². The van der Waals surface area contributed by atoms with E-state index in [4.69, 9.17) is 14.6 Å². The van der Waals surface area contributed by atoms with Gasteiger partial charge < -0.3 is 24.8 Å². The predicted molar refractivity (Wildman–Crippen MR) is 246 cm³/mol. The third-order valence-corrected chi connectivity index (χ3v) is 12.0. The van der Waals surface area contributed by atoms with Crippen LogP contribution < -0.4 is 10.2 Å². The van der Waals surface area contributed by atoms with E-state index in [1.165, 1.54) is 55.5 Å². The second-order valence-corrected chi connectivity index (χ2v) is 16.9. The molecule has 0 aromatic heterocycles. The average molecular weight is 811 g/mol. The van der Waals surface area contributed by atoms with E-state index in [0.717, 1.165) is 51.6 Å². The largest absolute Gasteiger partial charge is 0.468 e. The molecular weight excluding hydrogens is 747 g/mol. The molecule has 8 heteroatoms. The van der Waals surface area contributed by atoms with E-state index in [9.17, 15) is 9.59 Å². The van der Waals surface area contributed by atoms with Gasteiger partial charge in [-0.2, -0.15) is 4.58 Å². The Labute approximate surface area is 357 Å². The second-order valence-electron chi connectivity index (χ2n) is 16.9. The van der Waals surface area contributed by atoms with E-state index in [2.05, 4.69) is 158 Å². The maximum atomic E-state index is 12.4. The fourth-order valence-corrected chi connectivity index (χ4v) is 9.07. The van der Waals surface area contributed by atoms with Crippen molar-refractivity contribution in [3.8, 4) is 0 Å². The summed E-state index contributed by atoms with van der Waals surface area (Å²) in [7, 11) is 0. The first kappa shape index (κ1) is 44.2. The normalized spacial score (nSPS) is 16.3. The van der Waals surface area contributed by atoms with E-state index < -0.39 is 0 Å². The Hall–Kier alpha value is -5.31. The predicted octanol–water partition coefficient (Wildman–Crippen LogP) is 10.1. The Balaban J connectivity index is 1.15. The zero-order chi connectivity index (χ0) is 42.4. The highest BCUT2D eigenvalue weighted by Crippen LogP contribution is 2.51. The van der Waals surface area contributed by atoms with Gasteiger partial charge in [0.25, 0.3) is 6.47 Å². The number of aliphatic hydroxyl groups is 1. The number of allylic oxidation sites excluding steroid dienone is 8. The highest BCUT2D eigenvalue weighted by atomic mass is 16.5. The van der Waals surface area contributed by atoms with Gasteiger partial charge in [0.05, 0.1) is 18.6 Å². The molecule has 0 aliphatic carbocycles. The summed E-state index contributed by atoms with van der Waals surface area (Å²) in [6.07, 6.45) is 22.0. The fraction of sp³-hybridized carbons (Fsp3) is 0.404. The summed E-state index contributed by atoms with van der Waals surface area (Å²) in [5.41, 5.74) is 7.45. The van der Waals surface area contributed by atoms with Crippen molar-refractivity contribution >= 4 is 51.0 Å². The van der Waals surface area contributed by atoms with Crippen LogP contribution >= 0.6 is 0 Å². The average Bonchev–Trinajstić information content (AvgIpc) is 3.60. The number of nitrogens with zero attached hydrogens (tertiary/aromatic N) is 2. The number of hydrogen-bond donors (Lipinski definition) is 2. The van der Waals surface area contributed by atoms with Gasteiger partial charge in [-0.3, -0.25) is 9.59 Å². The number of hydrogen-bond acceptors (Lipinski definition) is 6. The van der Waals surface area contributed by atoms with Crippen LogP contribution in [0.1, 0.15) is 90.2 Å². The number of rotatable bonds is 23. The Kier molecular flexibility index (Phi) is 15.7. The molecule has 6 rings (SSSR count). The van der Waals surface area contributed by atoms with Crippen LogP contribution in [0.25, 0.3) is 21.5 Å². The molecule has 2 N–H and O–H groups in total. The Morgan fingerprint density at radius 3 is 2.20 bits per heavy atom. The van der Waals surface area contributed by atoms with Crippen molar-refractivity contribution in [1.82, 2.24) is 5.32 Å². The van der Waals surface area contributed by atoms with Crippen LogP contribution in [0.2, 0.25) is 0 Å². The molecule has 4 aromatic carbocycles. The molecule has 2 heterocycles. The lowest BCUT2D eigenvalue weighted by atomic mass is 9.79. The lowest BCUT2D eigenvalue weighted by Gasteiger charge is -2.27. The number of amides is 1. The van der Waals surface area contributed by atoms with Crippen LogP contribution in [0.5, 0.6) is 0 Å². The molecule has 8 nitrogen and oxygen atoms in total. The van der Waals surface area contributed by atoms with Gasteiger partial charge in [-0.25, -0.2) is 0 Å². The first-order valence-corrected chi connectivity index (χ1v) is 21.9. The van der Waals surface area contributed by atoms with Crippen LogP contribution in [0.15, 0.2) is 121 Å². The number of aliphatic hydroxyl groups excluding tert-OH is 1. The van der Waals surface area contributed by atoms with Gasteiger partial charge in [0, 0.05) is 73.7 Å². The number of anilines is 1. The van der Waals surface area contributed by atoms with Gasteiger partial charge in [0.15, 0.2) is 5.71 Å². The summed E-state index contributed by atoms with van der Waals surface area (Å²) in [6.45, 7) is 13.7. The zero-order valence-electron chi connectivity index (χ0n) is 36.1. The standard InChI is InChI=1S/C52H63N3O5/c1-51(2)46(54(44-30-28-40-21-13-15-23-42(40)49(44)51)33-17-8-12-27-48(58)53-32-38-59-37-20-35-56)25-10-6-5-7-11-26-47-52(3,4)50-43-24-16-14-22-41(43)29-31-45(50)55(47)34-18-9-19-36-60-39-57/h5-7,10-11,13-16,21-26,28-31,39,56H,8-9,12,17-20,27,32-38H2,1-4H3/p+1. The molecule has 0 spiro atoms. The third-order valence-electron chi connectivity index (χ3n) is 12.0. The summed E-state index contributed by atoms with van der Waals surface area (Å²) >= 11 is 0. The summed E-state index contributed by atoms with van der Waals surface area (Å²) in [5, 5.41) is 16.9. The number of unbranched alkanes of at least 4 members (excludes halogenated alkanes) is 4. The number of fused-ring (bicyclic) bond motifs is 6. The molecule has 60 heavy (non-hydrogen) atoms. The Bertz CT molecular complexity index is 2260. The Morgan fingerprint density at radius 1 is 0.733 bits per heavy atom. The molecule has 0 saturated heterocycles. The van der Waals surface area contributed by atoms with Crippen molar-refractivity contribution in [1.29, 1.82) is 0 Å². The lowest BCUT2D eigenvalue weighted by molar-refractivity contribution is -0.438. The lowest BCUT2D eigenvalue weighted by Crippen LogP contribution is -2.28. The number of nitrogens with one attached hydrogen (secondary N) is 1. The van der Waals surface area contributed by atoms with Crippen molar-refractivity contribution in [2.45, 2.75) is 89.9 Å². The molecule has 0 saturated carbocycles. The molecule has 0 bridgehead atoms. The first-order chi connectivity index (χ1) is 29.2. The number of carbonyl (C=O) groups excluding carboxylic acids is 2. The summed E-state index contributed by atoms with van der Waals surface area (Å²) in [6, 6.07) is 26.4. The highest BCUT2D eigenvalue weighted by molar-refractivity contribution is 6.07. The second kappa shape index (κ2) is 21.3. The number of benzene rings is 4. The fourth-order valence-electron chi connectivity index (χ4n) is 9.07. The van der Waals surface area contributed by atoms with Gasteiger partial charge in [0.1, 0.15) is 6.54 Å². The van der Waals surface area contributed by atoms with E-state index in [1.807, 2.05) is 0 Å². The molecule has 0 atom stereocenters.